The van der Waals surface area contributed by atoms with Crippen LogP contribution in [0.5, 0.6) is 0 Å². The fraction of sp³-hybridized carbons (Fsp3) is 0.250. The molecule has 0 fully saturated rings. The number of anilines is 2. The first-order valence-electron chi connectivity index (χ1n) is 6.13. The predicted molar refractivity (Wildman–Crippen MR) is 97.3 cm³/mol. The summed E-state index contributed by atoms with van der Waals surface area (Å²) >= 11 is 7.69. The molecule has 2 aromatic rings. The molecule has 4 N–H and O–H groups in total. The number of imidazole rings is 1. The Kier molecular flexibility index (Phi) is 10.8. The minimum atomic E-state index is -0.562. The minimum absolute atomic E-state index is 0.0955. The standard InChI is InChI=1S/C5H5BrN2OS.C4H6O3.C3H4BrN3/c1-3(9)7-5-8-4(6)2-10-5;1-3(5)7-4(2)6;4-2-1-6-3(5)7-2/h2H,1H3,(H,7,8,9);1-2H3;1H,(H3,5,6,7). The van der Waals surface area contributed by atoms with E-state index in [1.165, 1.54) is 32.1 Å². The molecule has 0 aromatic carbocycles. The highest BCUT2D eigenvalue weighted by Gasteiger charge is 1.99. The van der Waals surface area contributed by atoms with Gasteiger partial charge in [0.25, 0.3) is 0 Å². The Labute approximate surface area is 158 Å². The van der Waals surface area contributed by atoms with Crippen molar-refractivity contribution in [2.75, 3.05) is 11.1 Å². The summed E-state index contributed by atoms with van der Waals surface area (Å²) in [6, 6.07) is 0. The maximum absolute atomic E-state index is 10.5. The summed E-state index contributed by atoms with van der Waals surface area (Å²) in [7, 11) is 0. The largest absolute Gasteiger partial charge is 0.394 e. The highest BCUT2D eigenvalue weighted by molar-refractivity contribution is 9.10. The summed E-state index contributed by atoms with van der Waals surface area (Å²) in [5, 5.41) is 5.00. The second kappa shape index (κ2) is 11.7. The van der Waals surface area contributed by atoms with Crippen molar-refractivity contribution in [1.29, 1.82) is 0 Å². The summed E-state index contributed by atoms with van der Waals surface area (Å²) in [5.74, 6) is -0.784. The lowest BCUT2D eigenvalue weighted by atomic mass is 10.7. The van der Waals surface area contributed by atoms with E-state index in [2.05, 4.69) is 56.9 Å². The van der Waals surface area contributed by atoms with Gasteiger partial charge in [-0.05, 0) is 31.9 Å². The Hall–Kier alpha value is -1.79. The number of nitrogens with zero attached hydrogens (tertiary/aromatic N) is 2. The highest BCUT2D eigenvalue weighted by atomic mass is 79.9. The van der Waals surface area contributed by atoms with E-state index in [9.17, 15) is 14.4 Å². The molecule has 2 heterocycles. The third-order valence-electron chi connectivity index (χ3n) is 1.61. The van der Waals surface area contributed by atoms with Crippen molar-refractivity contribution >= 4 is 72.1 Å². The first-order chi connectivity index (χ1) is 11.1. The SMILES string of the molecule is CC(=O)Nc1nc(Br)cs1.CC(=O)OC(C)=O.Nc1ncc(Br)[nH]1. The molecule has 2 rings (SSSR count). The van der Waals surface area contributed by atoms with E-state index in [-0.39, 0.29) is 5.91 Å². The van der Waals surface area contributed by atoms with Crippen LogP contribution in [0.25, 0.3) is 0 Å². The van der Waals surface area contributed by atoms with Crippen LogP contribution in [0.3, 0.4) is 0 Å². The van der Waals surface area contributed by atoms with Gasteiger partial charge in [0.05, 0.1) is 6.20 Å². The number of thiazole rings is 1. The topological polar surface area (TPSA) is 140 Å². The van der Waals surface area contributed by atoms with Gasteiger partial charge in [0, 0.05) is 26.2 Å². The van der Waals surface area contributed by atoms with E-state index >= 15 is 0 Å². The van der Waals surface area contributed by atoms with Crippen LogP contribution in [-0.2, 0) is 19.1 Å². The van der Waals surface area contributed by atoms with Gasteiger partial charge in [0.2, 0.25) is 5.91 Å². The molecule has 132 valence electrons. The third-order valence-corrected chi connectivity index (χ3v) is 3.48. The summed E-state index contributed by atoms with van der Waals surface area (Å²) in [6.45, 7) is 3.82. The van der Waals surface area contributed by atoms with Gasteiger partial charge < -0.3 is 20.8 Å². The Morgan fingerprint density at radius 2 is 1.83 bits per heavy atom. The van der Waals surface area contributed by atoms with Gasteiger partial charge in [-0.1, -0.05) is 0 Å². The number of carbonyl (C=O) groups excluding carboxylic acids is 3. The second-order valence-electron chi connectivity index (χ2n) is 3.86. The Bertz CT molecular complexity index is 660. The third kappa shape index (κ3) is 12.7. The fourth-order valence-electron chi connectivity index (χ4n) is 0.978. The Morgan fingerprint density at radius 3 is 2.04 bits per heavy atom. The molecule has 0 aliphatic rings. The first kappa shape index (κ1) is 22.2. The van der Waals surface area contributed by atoms with E-state index in [0.29, 0.717) is 11.1 Å². The average molecular weight is 485 g/mol. The molecule has 0 aliphatic carbocycles. The van der Waals surface area contributed by atoms with Crippen molar-refractivity contribution in [1.82, 2.24) is 15.0 Å². The Balaban J connectivity index is 0.000000340. The zero-order valence-electron chi connectivity index (χ0n) is 12.9. The van der Waals surface area contributed by atoms with Gasteiger partial charge >= 0.3 is 11.9 Å². The van der Waals surface area contributed by atoms with Gasteiger partial charge in [-0.25, -0.2) is 9.97 Å². The van der Waals surface area contributed by atoms with Crippen molar-refractivity contribution in [3.63, 3.8) is 0 Å². The maximum Gasteiger partial charge on any atom is 0.310 e. The molecule has 0 unspecified atom stereocenters. The van der Waals surface area contributed by atoms with Gasteiger partial charge in [0.1, 0.15) is 9.21 Å². The van der Waals surface area contributed by atoms with E-state index in [0.717, 1.165) is 9.21 Å². The van der Waals surface area contributed by atoms with E-state index < -0.39 is 11.9 Å². The van der Waals surface area contributed by atoms with Gasteiger partial charge in [-0.15, -0.1) is 11.3 Å². The molecule has 2 aromatic heterocycles. The van der Waals surface area contributed by atoms with Gasteiger partial charge in [0.15, 0.2) is 11.1 Å². The molecule has 0 aliphatic heterocycles. The minimum Gasteiger partial charge on any atom is -0.394 e. The molecular formula is C12H15Br2N5O4S. The number of carbonyl (C=O) groups is 3. The summed E-state index contributed by atoms with van der Waals surface area (Å²) in [6.07, 6.45) is 1.61. The van der Waals surface area contributed by atoms with Gasteiger partial charge in [-0.3, -0.25) is 14.4 Å². The number of aromatic amines is 1. The number of nitrogen functional groups attached to an aromatic ring is 1. The number of halogens is 2. The normalized spacial score (nSPS) is 8.88. The lowest BCUT2D eigenvalue weighted by Crippen LogP contribution is -2.04. The number of nitrogens with two attached hydrogens (primary N) is 1. The fourth-order valence-corrected chi connectivity index (χ4v) is 2.47. The monoisotopic (exact) mass is 483 g/mol. The first-order valence-corrected chi connectivity index (χ1v) is 8.60. The van der Waals surface area contributed by atoms with Crippen LogP contribution in [0, 0.1) is 0 Å². The molecule has 0 saturated carbocycles. The average Bonchev–Trinajstić information content (AvgIpc) is 2.97. The number of ether oxygens (including phenoxy) is 1. The zero-order valence-corrected chi connectivity index (χ0v) is 16.9. The molecular weight excluding hydrogens is 470 g/mol. The predicted octanol–water partition coefficient (Wildman–Crippen LogP) is 2.71. The number of rotatable bonds is 1. The number of nitrogens with one attached hydrogen (secondary N) is 2. The molecule has 24 heavy (non-hydrogen) atoms. The molecule has 1 amide bonds. The zero-order chi connectivity index (χ0) is 18.7. The number of aromatic nitrogens is 3. The number of hydrogen-bond acceptors (Lipinski definition) is 8. The van der Waals surface area contributed by atoms with Crippen molar-refractivity contribution in [3.05, 3.63) is 20.8 Å². The second-order valence-corrected chi connectivity index (χ2v) is 6.38. The van der Waals surface area contributed by atoms with Crippen molar-refractivity contribution < 1.29 is 19.1 Å². The van der Waals surface area contributed by atoms with Crippen LogP contribution >= 0.6 is 43.2 Å². The lowest BCUT2D eigenvalue weighted by Gasteiger charge is -1.91. The molecule has 0 atom stereocenters. The number of esters is 2. The van der Waals surface area contributed by atoms with Crippen LogP contribution in [0.4, 0.5) is 11.1 Å². The summed E-state index contributed by atoms with van der Waals surface area (Å²) in [4.78, 5) is 40.5. The van der Waals surface area contributed by atoms with Crippen LogP contribution in [0.1, 0.15) is 20.8 Å². The van der Waals surface area contributed by atoms with Crippen LogP contribution < -0.4 is 11.1 Å². The maximum atomic E-state index is 10.5. The Morgan fingerprint density at radius 1 is 1.25 bits per heavy atom. The molecule has 12 heteroatoms. The highest BCUT2D eigenvalue weighted by Crippen LogP contribution is 2.18. The lowest BCUT2D eigenvalue weighted by molar-refractivity contribution is -0.156. The van der Waals surface area contributed by atoms with Crippen molar-refractivity contribution in [2.24, 2.45) is 0 Å². The van der Waals surface area contributed by atoms with Crippen molar-refractivity contribution in [2.45, 2.75) is 20.8 Å². The molecule has 0 bridgehead atoms. The molecule has 9 nitrogen and oxygen atoms in total. The number of H-pyrrole nitrogens is 1. The van der Waals surface area contributed by atoms with E-state index in [1.54, 1.807) is 6.20 Å². The quantitative estimate of drug-likeness (QED) is 0.417. The smallest absolute Gasteiger partial charge is 0.310 e. The van der Waals surface area contributed by atoms with E-state index in [4.69, 9.17) is 5.73 Å². The number of amides is 1. The van der Waals surface area contributed by atoms with Gasteiger partial charge in [-0.2, -0.15) is 0 Å². The number of hydrogen-bond donors (Lipinski definition) is 3. The van der Waals surface area contributed by atoms with Crippen molar-refractivity contribution in [3.8, 4) is 0 Å². The summed E-state index contributed by atoms with van der Waals surface area (Å²) in [5.41, 5.74) is 5.18. The molecule has 0 spiro atoms. The summed E-state index contributed by atoms with van der Waals surface area (Å²) < 4.78 is 5.53. The molecule has 0 radical (unpaired) electrons. The van der Waals surface area contributed by atoms with E-state index in [1.807, 2.05) is 5.38 Å². The van der Waals surface area contributed by atoms with Crippen LogP contribution in [0.2, 0.25) is 0 Å². The molecule has 0 saturated heterocycles. The van der Waals surface area contributed by atoms with Crippen LogP contribution in [-0.4, -0.2) is 32.8 Å². The van der Waals surface area contributed by atoms with Crippen LogP contribution in [0.15, 0.2) is 20.8 Å².